The maximum Gasteiger partial charge on any atom is 0.236 e. The van der Waals surface area contributed by atoms with E-state index < -0.39 is 0 Å². The zero-order valence-electron chi connectivity index (χ0n) is 12.1. The third kappa shape index (κ3) is 3.70. The van der Waals surface area contributed by atoms with Gasteiger partial charge in [0.2, 0.25) is 5.91 Å². The normalized spacial score (nSPS) is 28.6. The smallest absolute Gasteiger partial charge is 0.236 e. The molecule has 3 unspecified atom stereocenters. The number of amides is 1. The molecule has 0 aromatic rings. The van der Waals surface area contributed by atoms with Gasteiger partial charge in [-0.25, -0.2) is 0 Å². The van der Waals surface area contributed by atoms with Crippen LogP contribution in [-0.2, 0) is 4.79 Å². The Morgan fingerprint density at radius 1 is 1.32 bits per heavy atom. The minimum absolute atomic E-state index is 0.126. The van der Waals surface area contributed by atoms with Crippen LogP contribution in [0.25, 0.3) is 0 Å². The van der Waals surface area contributed by atoms with Crippen molar-refractivity contribution in [3.05, 3.63) is 0 Å². The molecule has 2 rings (SSSR count). The van der Waals surface area contributed by atoms with Crippen LogP contribution in [0.3, 0.4) is 0 Å². The van der Waals surface area contributed by atoms with E-state index in [9.17, 15) is 4.79 Å². The Morgan fingerprint density at radius 3 is 2.68 bits per heavy atom. The van der Waals surface area contributed by atoms with Crippen molar-refractivity contribution in [2.75, 3.05) is 33.7 Å². The minimum Gasteiger partial charge on any atom is -0.344 e. The molecule has 0 aromatic heterocycles. The van der Waals surface area contributed by atoms with Crippen molar-refractivity contribution in [1.82, 2.24) is 9.80 Å². The Kier molecular flexibility index (Phi) is 4.81. The van der Waals surface area contributed by atoms with E-state index in [1.807, 2.05) is 7.05 Å². The Balaban J connectivity index is 1.70. The molecule has 3 atom stereocenters. The molecular formula is C15H25N3O. The van der Waals surface area contributed by atoms with Crippen molar-refractivity contribution >= 4 is 5.91 Å². The highest BCUT2D eigenvalue weighted by molar-refractivity contribution is 5.77. The molecule has 2 aliphatic rings. The van der Waals surface area contributed by atoms with E-state index in [0.29, 0.717) is 19.5 Å². The van der Waals surface area contributed by atoms with Gasteiger partial charge >= 0.3 is 0 Å². The molecule has 0 saturated heterocycles. The highest BCUT2D eigenvalue weighted by Crippen LogP contribution is 2.48. The van der Waals surface area contributed by atoms with Gasteiger partial charge in [-0.3, -0.25) is 9.69 Å². The van der Waals surface area contributed by atoms with E-state index in [4.69, 9.17) is 5.26 Å². The van der Waals surface area contributed by atoms with Crippen molar-refractivity contribution in [1.29, 1.82) is 5.26 Å². The summed E-state index contributed by atoms with van der Waals surface area (Å²) in [5.41, 5.74) is 0. The molecule has 1 amide bonds. The van der Waals surface area contributed by atoms with Crippen LogP contribution in [0.1, 0.15) is 32.1 Å². The molecule has 0 aliphatic heterocycles. The first-order valence-electron chi connectivity index (χ1n) is 7.39. The molecule has 0 aromatic carbocycles. The second-order valence-electron chi connectivity index (χ2n) is 6.36. The third-order valence-corrected chi connectivity index (χ3v) is 4.82. The first-order valence-corrected chi connectivity index (χ1v) is 7.39. The molecule has 4 nitrogen and oxygen atoms in total. The predicted octanol–water partition coefficient (Wildman–Crippen LogP) is 1.73. The number of nitrogens with zero attached hydrogens (tertiary/aromatic N) is 3. The molecule has 2 saturated carbocycles. The predicted molar refractivity (Wildman–Crippen MR) is 74.3 cm³/mol. The Hall–Kier alpha value is -1.08. The third-order valence-electron chi connectivity index (χ3n) is 4.82. The van der Waals surface area contributed by atoms with Crippen molar-refractivity contribution in [3.8, 4) is 6.07 Å². The zero-order valence-corrected chi connectivity index (χ0v) is 12.1. The quantitative estimate of drug-likeness (QED) is 0.733. The summed E-state index contributed by atoms with van der Waals surface area (Å²) in [6, 6.07) is 2.08. The molecule has 4 heteroatoms. The summed E-state index contributed by atoms with van der Waals surface area (Å²) in [6.07, 6.45) is 6.04. The number of likely N-dealkylation sites (N-methyl/N-ethyl adjacent to an activating group) is 2. The van der Waals surface area contributed by atoms with Crippen molar-refractivity contribution < 1.29 is 4.79 Å². The molecular weight excluding hydrogens is 238 g/mol. The number of hydrogen-bond acceptors (Lipinski definition) is 3. The largest absolute Gasteiger partial charge is 0.344 e. The van der Waals surface area contributed by atoms with Crippen molar-refractivity contribution in [2.24, 2.45) is 17.8 Å². The van der Waals surface area contributed by atoms with Crippen LogP contribution in [0.4, 0.5) is 0 Å². The fourth-order valence-electron chi connectivity index (χ4n) is 3.76. The first kappa shape index (κ1) is 14.3. The lowest BCUT2D eigenvalue weighted by Crippen LogP contribution is -2.39. The van der Waals surface area contributed by atoms with Crippen molar-refractivity contribution in [2.45, 2.75) is 32.1 Å². The second-order valence-corrected chi connectivity index (χ2v) is 6.36. The van der Waals surface area contributed by atoms with Gasteiger partial charge in [-0.05, 0) is 44.1 Å². The van der Waals surface area contributed by atoms with Crippen LogP contribution in [0.5, 0.6) is 0 Å². The van der Waals surface area contributed by atoms with Crippen LogP contribution in [-0.4, -0.2) is 49.4 Å². The van der Waals surface area contributed by atoms with Crippen LogP contribution >= 0.6 is 0 Å². The average molecular weight is 263 g/mol. The number of rotatable bonds is 6. The Morgan fingerprint density at radius 2 is 2.11 bits per heavy atom. The Bertz CT molecular complexity index is 363. The van der Waals surface area contributed by atoms with Gasteiger partial charge in [0.15, 0.2) is 0 Å². The molecule has 106 valence electrons. The van der Waals surface area contributed by atoms with Crippen LogP contribution in [0, 0.1) is 29.1 Å². The molecule has 0 N–H and O–H groups in total. The summed E-state index contributed by atoms with van der Waals surface area (Å²) in [7, 11) is 3.83. The molecule has 0 heterocycles. The summed E-state index contributed by atoms with van der Waals surface area (Å²) in [5.74, 6) is 2.82. The van der Waals surface area contributed by atoms with Gasteiger partial charge < -0.3 is 4.90 Å². The highest BCUT2D eigenvalue weighted by Gasteiger charge is 2.39. The minimum atomic E-state index is 0.126. The summed E-state index contributed by atoms with van der Waals surface area (Å²) in [5, 5.41) is 8.53. The average Bonchev–Trinajstić information content (AvgIpc) is 2.97. The van der Waals surface area contributed by atoms with Crippen LogP contribution in [0.2, 0.25) is 0 Å². The fourth-order valence-corrected chi connectivity index (χ4v) is 3.76. The summed E-state index contributed by atoms with van der Waals surface area (Å²) in [4.78, 5) is 15.8. The van der Waals surface area contributed by atoms with Crippen molar-refractivity contribution in [3.63, 3.8) is 0 Å². The summed E-state index contributed by atoms with van der Waals surface area (Å²) < 4.78 is 0. The lowest BCUT2D eigenvalue weighted by atomic mass is 9.88. The van der Waals surface area contributed by atoms with Gasteiger partial charge in [0.1, 0.15) is 0 Å². The fraction of sp³-hybridized carbons (Fsp3) is 0.867. The molecule has 2 fully saturated rings. The van der Waals surface area contributed by atoms with Crippen LogP contribution < -0.4 is 0 Å². The number of carbonyl (C=O) groups excluding carboxylic acids is 1. The van der Waals surface area contributed by atoms with E-state index in [1.54, 1.807) is 11.9 Å². The van der Waals surface area contributed by atoms with Gasteiger partial charge in [0.25, 0.3) is 0 Å². The Labute approximate surface area is 116 Å². The first-order chi connectivity index (χ1) is 9.10. The van der Waals surface area contributed by atoms with Gasteiger partial charge in [0.05, 0.1) is 19.0 Å². The SMILES string of the molecule is CN(CC(=O)N(C)CCC#N)CC1CC2CCC1C2. The summed E-state index contributed by atoms with van der Waals surface area (Å²) in [6.45, 7) is 2.08. The number of fused-ring (bicyclic) bond motifs is 2. The monoisotopic (exact) mass is 263 g/mol. The van der Waals surface area contributed by atoms with Gasteiger partial charge in [-0.2, -0.15) is 5.26 Å². The summed E-state index contributed by atoms with van der Waals surface area (Å²) >= 11 is 0. The highest BCUT2D eigenvalue weighted by atomic mass is 16.2. The van der Waals surface area contributed by atoms with Gasteiger partial charge in [-0.1, -0.05) is 6.42 Å². The van der Waals surface area contributed by atoms with E-state index >= 15 is 0 Å². The maximum atomic E-state index is 12.0. The van der Waals surface area contributed by atoms with E-state index in [-0.39, 0.29) is 5.91 Å². The molecule has 2 aliphatic carbocycles. The zero-order chi connectivity index (χ0) is 13.8. The number of nitriles is 1. The molecule has 2 bridgehead atoms. The molecule has 0 spiro atoms. The van der Waals surface area contributed by atoms with E-state index in [0.717, 1.165) is 24.3 Å². The second kappa shape index (κ2) is 6.38. The number of hydrogen-bond donors (Lipinski definition) is 0. The standard InChI is InChI=1S/C15H25N3O/c1-17(11-15(19)18(2)7-3-6-16)10-14-9-12-4-5-13(14)8-12/h12-14H,3-5,7-11H2,1-2H3. The number of carbonyl (C=O) groups is 1. The van der Waals surface area contributed by atoms with E-state index in [1.165, 1.54) is 25.7 Å². The lowest BCUT2D eigenvalue weighted by Gasteiger charge is -2.28. The topological polar surface area (TPSA) is 47.3 Å². The van der Waals surface area contributed by atoms with Crippen LogP contribution in [0.15, 0.2) is 0 Å². The van der Waals surface area contributed by atoms with Gasteiger partial charge in [-0.15, -0.1) is 0 Å². The molecule has 19 heavy (non-hydrogen) atoms. The maximum absolute atomic E-state index is 12.0. The lowest BCUT2D eigenvalue weighted by molar-refractivity contribution is -0.130. The molecule has 0 radical (unpaired) electrons. The van der Waals surface area contributed by atoms with E-state index in [2.05, 4.69) is 11.0 Å². The van der Waals surface area contributed by atoms with Gasteiger partial charge in [0, 0.05) is 20.1 Å².